The summed E-state index contributed by atoms with van der Waals surface area (Å²) in [7, 11) is 0. The minimum atomic E-state index is 0.730. The van der Waals surface area contributed by atoms with Crippen LogP contribution in [0.5, 0.6) is 0 Å². The number of hydrogen-bond acceptors (Lipinski definition) is 7. The summed E-state index contributed by atoms with van der Waals surface area (Å²) in [5.74, 6) is 0.730. The number of aryl methyl sites for hydroxylation is 2. The lowest BCUT2D eigenvalue weighted by Crippen LogP contribution is -1.91. The third-order valence-corrected chi connectivity index (χ3v) is 5.15. The fraction of sp³-hybridized carbons (Fsp3) is 0.154. The first-order chi connectivity index (χ1) is 10.2. The van der Waals surface area contributed by atoms with Gasteiger partial charge in [0.25, 0.3) is 0 Å². The second-order valence-corrected chi connectivity index (χ2v) is 6.67. The standard InChI is InChI=1S/C13H10N6S2/c1-7-10(20-8(2)15-7)12-18-19-11(16-17-13(19)21-12)9-3-5-14-6-4-9/h3-6H,1-2H3. The Hall–Kier alpha value is -2.19. The third kappa shape index (κ3) is 2.03. The molecule has 0 fully saturated rings. The highest BCUT2D eigenvalue weighted by molar-refractivity contribution is 7.24. The predicted octanol–water partition coefficient (Wildman–Crippen LogP) is 2.99. The number of thiazole rings is 1. The SMILES string of the molecule is Cc1nc(C)c(-c2nn3c(-c4ccncc4)nnc3s2)s1. The van der Waals surface area contributed by atoms with E-state index in [4.69, 9.17) is 0 Å². The van der Waals surface area contributed by atoms with Crippen molar-refractivity contribution in [3.63, 3.8) is 0 Å². The number of fused-ring (bicyclic) bond motifs is 1. The molecule has 0 spiro atoms. The molecule has 0 aliphatic heterocycles. The summed E-state index contributed by atoms with van der Waals surface area (Å²) in [6, 6.07) is 3.80. The van der Waals surface area contributed by atoms with E-state index in [-0.39, 0.29) is 0 Å². The normalized spacial score (nSPS) is 11.3. The maximum atomic E-state index is 4.65. The molecule has 4 aromatic rings. The lowest BCUT2D eigenvalue weighted by molar-refractivity contribution is 0.970. The summed E-state index contributed by atoms with van der Waals surface area (Å²) < 4.78 is 1.78. The fourth-order valence-corrected chi connectivity index (χ4v) is 4.00. The molecule has 0 amide bonds. The quantitative estimate of drug-likeness (QED) is 0.569. The van der Waals surface area contributed by atoms with Gasteiger partial charge in [-0.2, -0.15) is 9.61 Å². The van der Waals surface area contributed by atoms with Crippen molar-refractivity contribution in [2.75, 3.05) is 0 Å². The van der Waals surface area contributed by atoms with Crippen molar-refractivity contribution in [3.05, 3.63) is 35.2 Å². The maximum Gasteiger partial charge on any atom is 0.235 e. The second-order valence-electron chi connectivity index (χ2n) is 4.51. The van der Waals surface area contributed by atoms with Crippen molar-refractivity contribution < 1.29 is 0 Å². The molecule has 104 valence electrons. The smallest absolute Gasteiger partial charge is 0.235 e. The number of rotatable bonds is 2. The number of aromatic nitrogens is 6. The summed E-state index contributed by atoms with van der Waals surface area (Å²) in [6.45, 7) is 4.01. The summed E-state index contributed by atoms with van der Waals surface area (Å²) in [5, 5.41) is 15.0. The lowest BCUT2D eigenvalue weighted by Gasteiger charge is -1.95. The molecule has 21 heavy (non-hydrogen) atoms. The van der Waals surface area contributed by atoms with E-state index < -0.39 is 0 Å². The van der Waals surface area contributed by atoms with Crippen LogP contribution in [0.1, 0.15) is 10.7 Å². The Morgan fingerprint density at radius 3 is 2.57 bits per heavy atom. The van der Waals surface area contributed by atoms with Gasteiger partial charge in [0.2, 0.25) is 4.96 Å². The first-order valence-electron chi connectivity index (χ1n) is 6.29. The fourth-order valence-electron chi connectivity index (χ4n) is 2.12. The minimum absolute atomic E-state index is 0.730. The summed E-state index contributed by atoms with van der Waals surface area (Å²) in [5.41, 5.74) is 1.96. The Morgan fingerprint density at radius 2 is 1.86 bits per heavy atom. The second kappa shape index (κ2) is 4.68. The molecule has 8 heteroatoms. The van der Waals surface area contributed by atoms with Gasteiger partial charge in [0.05, 0.1) is 15.6 Å². The molecule has 4 aromatic heterocycles. The van der Waals surface area contributed by atoms with Crippen LogP contribution in [-0.2, 0) is 0 Å². The van der Waals surface area contributed by atoms with E-state index in [2.05, 4.69) is 25.3 Å². The molecule has 0 aliphatic carbocycles. The molecule has 0 aromatic carbocycles. The van der Waals surface area contributed by atoms with Gasteiger partial charge >= 0.3 is 0 Å². The Kier molecular flexibility index (Phi) is 2.79. The Balaban J connectivity index is 1.88. The molecule has 0 N–H and O–H groups in total. The van der Waals surface area contributed by atoms with Crippen molar-refractivity contribution in [2.24, 2.45) is 0 Å². The highest BCUT2D eigenvalue weighted by atomic mass is 32.1. The van der Waals surface area contributed by atoms with E-state index in [9.17, 15) is 0 Å². The topological polar surface area (TPSA) is 68.9 Å². The van der Waals surface area contributed by atoms with Gasteiger partial charge in [0.1, 0.15) is 0 Å². The van der Waals surface area contributed by atoms with Gasteiger partial charge < -0.3 is 0 Å². The molecular weight excluding hydrogens is 304 g/mol. The zero-order valence-electron chi connectivity index (χ0n) is 11.3. The largest absolute Gasteiger partial charge is 0.265 e. The molecule has 4 rings (SSSR count). The Labute approximate surface area is 128 Å². The highest BCUT2D eigenvalue weighted by Crippen LogP contribution is 2.33. The van der Waals surface area contributed by atoms with Gasteiger partial charge in [0.15, 0.2) is 10.8 Å². The van der Waals surface area contributed by atoms with E-state index >= 15 is 0 Å². The number of hydrogen-bond donors (Lipinski definition) is 0. The van der Waals surface area contributed by atoms with Crippen LogP contribution in [-0.4, -0.2) is 29.8 Å². The monoisotopic (exact) mass is 314 g/mol. The Bertz CT molecular complexity index is 921. The lowest BCUT2D eigenvalue weighted by atomic mass is 10.2. The van der Waals surface area contributed by atoms with Crippen LogP contribution in [0, 0.1) is 13.8 Å². The van der Waals surface area contributed by atoms with E-state index in [1.807, 2.05) is 26.0 Å². The van der Waals surface area contributed by atoms with Crippen molar-refractivity contribution in [1.29, 1.82) is 0 Å². The average Bonchev–Trinajstić information content (AvgIpc) is 3.13. The zero-order chi connectivity index (χ0) is 14.4. The van der Waals surface area contributed by atoms with Crippen LogP contribution >= 0.6 is 22.7 Å². The van der Waals surface area contributed by atoms with Crippen LogP contribution in [0.15, 0.2) is 24.5 Å². The predicted molar refractivity (Wildman–Crippen MR) is 82.5 cm³/mol. The summed E-state index contributed by atoms with van der Waals surface area (Å²) >= 11 is 3.18. The van der Waals surface area contributed by atoms with E-state index in [1.54, 1.807) is 28.2 Å². The summed E-state index contributed by atoms with van der Waals surface area (Å²) in [6.07, 6.45) is 3.47. The highest BCUT2D eigenvalue weighted by Gasteiger charge is 2.17. The van der Waals surface area contributed by atoms with Gasteiger partial charge in [-0.05, 0) is 26.0 Å². The first-order valence-corrected chi connectivity index (χ1v) is 7.93. The van der Waals surface area contributed by atoms with Gasteiger partial charge in [-0.1, -0.05) is 11.3 Å². The van der Waals surface area contributed by atoms with Crippen molar-refractivity contribution in [1.82, 2.24) is 29.8 Å². The molecule has 0 radical (unpaired) electrons. The van der Waals surface area contributed by atoms with Crippen LogP contribution in [0.2, 0.25) is 0 Å². The van der Waals surface area contributed by atoms with Crippen molar-refractivity contribution >= 4 is 27.6 Å². The number of pyridine rings is 1. The third-order valence-electron chi connectivity index (χ3n) is 3.03. The molecule has 0 unspecified atom stereocenters. The van der Waals surface area contributed by atoms with E-state index in [0.717, 1.165) is 36.9 Å². The van der Waals surface area contributed by atoms with Crippen molar-refractivity contribution in [2.45, 2.75) is 13.8 Å². The van der Waals surface area contributed by atoms with Crippen LogP contribution in [0.3, 0.4) is 0 Å². The number of nitrogens with zero attached hydrogens (tertiary/aromatic N) is 6. The van der Waals surface area contributed by atoms with Crippen molar-refractivity contribution in [3.8, 4) is 21.3 Å². The molecular formula is C13H10N6S2. The zero-order valence-corrected chi connectivity index (χ0v) is 12.9. The van der Waals surface area contributed by atoms with Crippen LogP contribution in [0.4, 0.5) is 0 Å². The van der Waals surface area contributed by atoms with Crippen LogP contribution in [0.25, 0.3) is 26.2 Å². The average molecular weight is 314 g/mol. The first kappa shape index (κ1) is 12.5. The maximum absolute atomic E-state index is 4.65. The van der Waals surface area contributed by atoms with Crippen LogP contribution < -0.4 is 0 Å². The molecule has 0 atom stereocenters. The van der Waals surface area contributed by atoms with Gasteiger partial charge in [-0.3, -0.25) is 4.98 Å². The molecule has 4 heterocycles. The molecule has 0 bridgehead atoms. The molecule has 6 nitrogen and oxygen atoms in total. The molecule has 0 saturated carbocycles. The van der Waals surface area contributed by atoms with E-state index in [0.29, 0.717) is 0 Å². The van der Waals surface area contributed by atoms with E-state index in [1.165, 1.54) is 11.3 Å². The Morgan fingerprint density at radius 1 is 1.05 bits per heavy atom. The van der Waals surface area contributed by atoms with Gasteiger partial charge in [-0.15, -0.1) is 21.5 Å². The van der Waals surface area contributed by atoms with Gasteiger partial charge in [-0.25, -0.2) is 4.98 Å². The van der Waals surface area contributed by atoms with Gasteiger partial charge in [0, 0.05) is 18.0 Å². The molecule has 0 saturated heterocycles. The summed E-state index contributed by atoms with van der Waals surface area (Å²) in [4.78, 5) is 10.4. The molecule has 0 aliphatic rings. The minimum Gasteiger partial charge on any atom is -0.265 e.